The summed E-state index contributed by atoms with van der Waals surface area (Å²) >= 11 is 0. The van der Waals surface area contributed by atoms with Crippen LogP contribution in [0.15, 0.2) is 18.3 Å². The van der Waals surface area contributed by atoms with Gasteiger partial charge in [0.15, 0.2) is 0 Å². The Hall–Kier alpha value is -1.57. The summed E-state index contributed by atoms with van der Waals surface area (Å²) in [6.45, 7) is 4.44. The first-order chi connectivity index (χ1) is 11.2. The van der Waals surface area contributed by atoms with Gasteiger partial charge in [-0.15, -0.1) is 24.8 Å². The third kappa shape index (κ3) is 4.96. The molecule has 0 radical (unpaired) electrons. The number of halogens is 2. The van der Waals surface area contributed by atoms with Gasteiger partial charge in [-0.25, -0.2) is 4.98 Å². The van der Waals surface area contributed by atoms with Crippen molar-refractivity contribution in [1.29, 1.82) is 0 Å². The van der Waals surface area contributed by atoms with Gasteiger partial charge >= 0.3 is 0 Å². The Morgan fingerprint density at radius 3 is 2.52 bits per heavy atom. The van der Waals surface area contributed by atoms with E-state index in [1.807, 2.05) is 9.80 Å². The maximum atomic E-state index is 12.5. The Labute approximate surface area is 160 Å². The molecule has 0 aliphatic carbocycles. The Kier molecular flexibility index (Phi) is 8.41. The second kappa shape index (κ2) is 9.79. The highest BCUT2D eigenvalue weighted by Crippen LogP contribution is 2.20. The zero-order valence-corrected chi connectivity index (χ0v) is 15.7. The molecule has 2 aliphatic heterocycles. The molecule has 2 amide bonds. The number of carbonyl (C=O) groups is 2. The van der Waals surface area contributed by atoms with Gasteiger partial charge in [0.05, 0.1) is 11.5 Å². The lowest BCUT2D eigenvalue weighted by molar-refractivity contribution is -0.136. The van der Waals surface area contributed by atoms with Gasteiger partial charge in [-0.3, -0.25) is 9.59 Å². The van der Waals surface area contributed by atoms with Crippen molar-refractivity contribution in [3.05, 3.63) is 23.9 Å². The number of hydrogen-bond donors (Lipinski definition) is 2. The molecule has 3 heterocycles. The number of piperazine rings is 1. The molecular formula is C16H25Cl2N5O2. The summed E-state index contributed by atoms with van der Waals surface area (Å²) in [4.78, 5) is 32.3. The molecular weight excluding hydrogens is 365 g/mol. The Bertz CT molecular complexity index is 588. The van der Waals surface area contributed by atoms with E-state index in [0.29, 0.717) is 37.6 Å². The van der Waals surface area contributed by atoms with Crippen LogP contribution < -0.4 is 16.0 Å². The molecule has 2 aliphatic rings. The zero-order valence-electron chi connectivity index (χ0n) is 14.0. The molecule has 25 heavy (non-hydrogen) atoms. The monoisotopic (exact) mass is 389 g/mol. The fourth-order valence-corrected chi connectivity index (χ4v) is 3.30. The average Bonchev–Trinajstić information content (AvgIpc) is 2.62. The number of nitrogens with two attached hydrogens (primary N) is 1. The molecule has 0 saturated carbocycles. The Morgan fingerprint density at radius 1 is 1.20 bits per heavy atom. The van der Waals surface area contributed by atoms with E-state index >= 15 is 0 Å². The largest absolute Gasteiger partial charge is 0.365 e. The van der Waals surface area contributed by atoms with E-state index in [1.54, 1.807) is 18.3 Å². The number of carbonyl (C=O) groups excluding carboxylic acids is 2. The maximum absolute atomic E-state index is 12.5. The van der Waals surface area contributed by atoms with Crippen LogP contribution in [0.4, 0.5) is 5.82 Å². The van der Waals surface area contributed by atoms with Gasteiger partial charge in [-0.2, -0.15) is 0 Å². The Balaban J connectivity index is 0.00000156. The first kappa shape index (κ1) is 21.5. The minimum absolute atomic E-state index is 0. The van der Waals surface area contributed by atoms with Crippen LogP contribution in [-0.2, 0) is 4.79 Å². The summed E-state index contributed by atoms with van der Waals surface area (Å²) < 4.78 is 0. The van der Waals surface area contributed by atoms with Gasteiger partial charge in [0.2, 0.25) is 5.91 Å². The summed E-state index contributed by atoms with van der Waals surface area (Å²) in [6.07, 6.45) is 3.69. The summed E-state index contributed by atoms with van der Waals surface area (Å²) in [5, 5.41) is 3.29. The summed E-state index contributed by atoms with van der Waals surface area (Å²) in [5.41, 5.74) is 5.85. The first-order valence-corrected chi connectivity index (χ1v) is 8.16. The van der Waals surface area contributed by atoms with E-state index in [1.165, 1.54) is 0 Å². The van der Waals surface area contributed by atoms with E-state index in [2.05, 4.69) is 10.3 Å². The topological polar surface area (TPSA) is 91.6 Å². The van der Waals surface area contributed by atoms with Crippen molar-refractivity contribution in [2.75, 3.05) is 44.2 Å². The number of aromatic nitrogens is 1. The number of amides is 2. The molecule has 140 valence electrons. The molecule has 1 unspecified atom stereocenters. The SMILES string of the molecule is Cl.Cl.NC(=O)c1cccnc1N1CCN(C(=O)C2CCCNC2)CC1. The van der Waals surface area contributed by atoms with Crippen molar-refractivity contribution in [1.82, 2.24) is 15.2 Å². The fraction of sp³-hybridized carbons (Fsp3) is 0.562. The molecule has 1 aromatic rings. The van der Waals surface area contributed by atoms with E-state index < -0.39 is 5.91 Å². The van der Waals surface area contributed by atoms with Crippen LogP contribution in [-0.4, -0.2) is 61.0 Å². The van der Waals surface area contributed by atoms with Gasteiger partial charge in [0, 0.05) is 38.9 Å². The molecule has 0 spiro atoms. The minimum Gasteiger partial charge on any atom is -0.365 e. The molecule has 2 saturated heterocycles. The standard InChI is InChI=1S/C16H23N5O2.2ClH/c17-14(22)13-4-2-6-19-15(13)20-7-9-21(10-8-20)16(23)12-3-1-5-18-11-12;;/h2,4,6,12,18H,1,3,5,7-11H2,(H2,17,22);2*1H. The smallest absolute Gasteiger partial charge is 0.252 e. The van der Waals surface area contributed by atoms with Gasteiger partial charge in [0.25, 0.3) is 5.91 Å². The number of rotatable bonds is 3. The van der Waals surface area contributed by atoms with Crippen molar-refractivity contribution in [3.63, 3.8) is 0 Å². The van der Waals surface area contributed by atoms with Gasteiger partial charge < -0.3 is 20.9 Å². The number of nitrogens with one attached hydrogen (secondary N) is 1. The van der Waals surface area contributed by atoms with Crippen LogP contribution >= 0.6 is 24.8 Å². The third-order valence-electron chi connectivity index (χ3n) is 4.59. The van der Waals surface area contributed by atoms with E-state index in [-0.39, 0.29) is 36.6 Å². The van der Waals surface area contributed by atoms with E-state index in [4.69, 9.17) is 5.73 Å². The molecule has 7 nitrogen and oxygen atoms in total. The minimum atomic E-state index is -0.472. The molecule has 1 atom stereocenters. The predicted octanol–water partition coefficient (Wildman–Crippen LogP) is 0.672. The van der Waals surface area contributed by atoms with Gasteiger partial charge in [-0.1, -0.05) is 0 Å². The lowest BCUT2D eigenvalue weighted by atomic mass is 9.98. The zero-order chi connectivity index (χ0) is 16.2. The summed E-state index contributed by atoms with van der Waals surface area (Å²) in [7, 11) is 0. The number of pyridine rings is 1. The van der Waals surface area contributed by atoms with Crippen LogP contribution in [0.2, 0.25) is 0 Å². The lowest BCUT2D eigenvalue weighted by Gasteiger charge is -2.38. The summed E-state index contributed by atoms with van der Waals surface area (Å²) in [5.74, 6) is 0.491. The van der Waals surface area contributed by atoms with Crippen LogP contribution in [0, 0.1) is 5.92 Å². The molecule has 2 fully saturated rings. The third-order valence-corrected chi connectivity index (χ3v) is 4.59. The highest BCUT2D eigenvalue weighted by molar-refractivity contribution is 5.97. The van der Waals surface area contributed by atoms with Crippen LogP contribution in [0.3, 0.4) is 0 Å². The second-order valence-corrected chi connectivity index (χ2v) is 6.09. The number of nitrogens with zero attached hydrogens (tertiary/aromatic N) is 3. The van der Waals surface area contributed by atoms with E-state index in [9.17, 15) is 9.59 Å². The normalized spacial score (nSPS) is 20.2. The number of anilines is 1. The fourth-order valence-electron chi connectivity index (χ4n) is 3.30. The highest BCUT2D eigenvalue weighted by Gasteiger charge is 2.29. The van der Waals surface area contributed by atoms with Crippen LogP contribution in [0.1, 0.15) is 23.2 Å². The van der Waals surface area contributed by atoms with Gasteiger partial charge in [0.1, 0.15) is 5.82 Å². The average molecular weight is 390 g/mol. The van der Waals surface area contributed by atoms with Crippen molar-refractivity contribution < 1.29 is 9.59 Å². The summed E-state index contributed by atoms with van der Waals surface area (Å²) in [6, 6.07) is 3.40. The molecule has 0 bridgehead atoms. The predicted molar refractivity (Wildman–Crippen MR) is 102 cm³/mol. The van der Waals surface area contributed by atoms with Crippen molar-refractivity contribution in [2.45, 2.75) is 12.8 Å². The number of primary amides is 1. The maximum Gasteiger partial charge on any atom is 0.252 e. The van der Waals surface area contributed by atoms with Crippen molar-refractivity contribution in [2.24, 2.45) is 11.7 Å². The molecule has 1 aromatic heterocycles. The van der Waals surface area contributed by atoms with Gasteiger partial charge in [-0.05, 0) is 31.5 Å². The number of piperidine rings is 1. The van der Waals surface area contributed by atoms with Crippen molar-refractivity contribution >= 4 is 42.4 Å². The van der Waals surface area contributed by atoms with Crippen LogP contribution in [0.25, 0.3) is 0 Å². The lowest BCUT2D eigenvalue weighted by Crippen LogP contribution is -2.52. The highest BCUT2D eigenvalue weighted by atomic mass is 35.5. The van der Waals surface area contributed by atoms with Crippen LogP contribution in [0.5, 0.6) is 0 Å². The molecule has 9 heteroatoms. The molecule has 3 N–H and O–H groups in total. The molecule has 3 rings (SSSR count). The number of hydrogen-bond acceptors (Lipinski definition) is 5. The van der Waals surface area contributed by atoms with E-state index in [0.717, 1.165) is 25.9 Å². The molecule has 0 aromatic carbocycles. The quantitative estimate of drug-likeness (QED) is 0.792. The van der Waals surface area contributed by atoms with Crippen molar-refractivity contribution in [3.8, 4) is 0 Å². The Morgan fingerprint density at radius 2 is 1.92 bits per heavy atom. The second-order valence-electron chi connectivity index (χ2n) is 6.09. The first-order valence-electron chi connectivity index (χ1n) is 8.16.